The lowest BCUT2D eigenvalue weighted by Gasteiger charge is -2.21. The van der Waals surface area contributed by atoms with Crippen LogP contribution >= 0.6 is 15.6 Å². The maximum atomic E-state index is 12.8. The van der Waals surface area contributed by atoms with Crippen LogP contribution in [0.3, 0.4) is 0 Å². The molecule has 1 aliphatic heterocycles. The zero-order valence-electron chi connectivity index (χ0n) is 42.5. The third-order valence-electron chi connectivity index (χ3n) is 10.7. The van der Waals surface area contributed by atoms with Crippen molar-refractivity contribution in [2.24, 2.45) is 0 Å². The van der Waals surface area contributed by atoms with Gasteiger partial charge in [0.1, 0.15) is 30.7 Å². The van der Waals surface area contributed by atoms with E-state index in [0.29, 0.717) is 25.7 Å². The largest absolute Gasteiger partial charge is 0.481 e. The molecule has 2 heterocycles. The SMILES string of the molecule is CC/C=C/CC(O)/C=C/C=C/CCCCCCCC(=O)OC[C@H](COP(=O)(O)OP(=O)(O)OC[C@H]1O[C@@H](n2ccc(N)nc2=O)[C@H](O)[C@@H]1O)OC(=O)CC/C=C\C/C=C\C/C=C\C/C=C\C/C=C\CCCCC. The Kier molecular flexibility index (Phi) is 34.7. The summed E-state index contributed by atoms with van der Waals surface area (Å²) in [5, 5.41) is 30.8. The van der Waals surface area contributed by atoms with Crippen molar-refractivity contribution in [2.75, 3.05) is 25.6 Å². The highest BCUT2D eigenvalue weighted by Gasteiger charge is 2.46. The van der Waals surface area contributed by atoms with Crippen LogP contribution in [0.15, 0.2) is 114 Å². The van der Waals surface area contributed by atoms with Crippen molar-refractivity contribution in [1.29, 1.82) is 0 Å². The lowest BCUT2D eigenvalue weighted by molar-refractivity contribution is -0.161. The van der Waals surface area contributed by atoms with Gasteiger partial charge >= 0.3 is 33.3 Å². The molecule has 1 aromatic heterocycles. The Morgan fingerprint density at radius 1 is 0.740 bits per heavy atom. The van der Waals surface area contributed by atoms with Gasteiger partial charge in [0.25, 0.3) is 0 Å². The molecular formula is C52H81N3O16P2. The van der Waals surface area contributed by atoms with Gasteiger partial charge in [0.2, 0.25) is 0 Å². The van der Waals surface area contributed by atoms with E-state index in [1.807, 2.05) is 55.5 Å². The van der Waals surface area contributed by atoms with Crippen LogP contribution in [0.2, 0.25) is 0 Å². The number of phosphoric acid groups is 2. The van der Waals surface area contributed by atoms with E-state index in [1.54, 1.807) is 12.2 Å². The zero-order valence-corrected chi connectivity index (χ0v) is 44.3. The predicted octanol–water partition coefficient (Wildman–Crippen LogP) is 9.41. The first kappa shape index (κ1) is 64.8. The minimum absolute atomic E-state index is 0.0592. The molecule has 73 heavy (non-hydrogen) atoms. The number of nitrogens with two attached hydrogens (primary N) is 1. The number of nitrogen functional groups attached to an aromatic ring is 1. The first-order valence-corrected chi connectivity index (χ1v) is 28.3. The van der Waals surface area contributed by atoms with Gasteiger partial charge in [-0.1, -0.05) is 143 Å². The number of hydrogen-bond donors (Lipinski definition) is 6. The molecule has 0 saturated carbocycles. The third-order valence-corrected chi connectivity index (χ3v) is 13.3. The fourth-order valence-electron chi connectivity index (χ4n) is 6.80. The molecule has 1 aromatic rings. The quantitative estimate of drug-likeness (QED) is 0.0117. The van der Waals surface area contributed by atoms with Gasteiger partial charge in [-0.25, -0.2) is 13.9 Å². The van der Waals surface area contributed by atoms with Gasteiger partial charge < -0.3 is 45.1 Å². The van der Waals surface area contributed by atoms with Crippen molar-refractivity contribution in [3.8, 4) is 0 Å². The van der Waals surface area contributed by atoms with Crippen molar-refractivity contribution in [3.05, 3.63) is 120 Å². The Balaban J connectivity index is 1.86. The number of aliphatic hydroxyl groups is 3. The molecule has 7 N–H and O–H groups in total. The average molecular weight is 1070 g/mol. The van der Waals surface area contributed by atoms with E-state index in [-0.39, 0.29) is 18.7 Å². The fraction of sp³-hybridized carbons (Fsp3) is 0.577. The molecule has 1 aliphatic rings. The first-order valence-electron chi connectivity index (χ1n) is 25.4. The average Bonchev–Trinajstić information content (AvgIpc) is 3.62. The molecule has 0 spiro atoms. The number of unbranched alkanes of at least 4 members (excludes halogenated alkanes) is 8. The molecule has 8 atom stereocenters. The van der Waals surface area contributed by atoms with Crippen LogP contribution in [0.4, 0.5) is 5.82 Å². The van der Waals surface area contributed by atoms with E-state index < -0.39 is 89.8 Å². The molecule has 410 valence electrons. The predicted molar refractivity (Wildman–Crippen MR) is 281 cm³/mol. The number of aromatic nitrogens is 2. The minimum Gasteiger partial charge on any atom is -0.462 e. The van der Waals surface area contributed by atoms with E-state index in [1.165, 1.54) is 25.3 Å². The number of carbonyl (C=O) groups is 2. The second kappa shape index (κ2) is 39.1. The molecular weight excluding hydrogens is 985 g/mol. The van der Waals surface area contributed by atoms with Gasteiger partial charge in [-0.2, -0.15) is 9.29 Å². The Bertz CT molecular complexity index is 2120. The van der Waals surface area contributed by atoms with Crippen LogP contribution in [0.25, 0.3) is 0 Å². The van der Waals surface area contributed by atoms with Crippen LogP contribution in [0.1, 0.15) is 142 Å². The Labute approximate surface area is 431 Å². The van der Waals surface area contributed by atoms with E-state index >= 15 is 0 Å². The highest BCUT2D eigenvalue weighted by molar-refractivity contribution is 7.61. The molecule has 0 radical (unpaired) electrons. The van der Waals surface area contributed by atoms with E-state index in [4.69, 9.17) is 29.0 Å². The lowest BCUT2D eigenvalue weighted by atomic mass is 10.1. The third kappa shape index (κ3) is 31.9. The van der Waals surface area contributed by atoms with Crippen molar-refractivity contribution in [1.82, 2.24) is 9.55 Å². The highest BCUT2D eigenvalue weighted by Crippen LogP contribution is 2.60. The smallest absolute Gasteiger partial charge is 0.462 e. The summed E-state index contributed by atoms with van der Waals surface area (Å²) in [5.41, 5.74) is 4.57. The number of esters is 2. The zero-order chi connectivity index (χ0) is 53.6. The minimum atomic E-state index is -5.46. The van der Waals surface area contributed by atoms with Crippen LogP contribution in [0, 0.1) is 0 Å². The Morgan fingerprint density at radius 3 is 2.00 bits per heavy atom. The maximum absolute atomic E-state index is 12.8. The molecule has 1 fully saturated rings. The molecule has 21 heteroatoms. The lowest BCUT2D eigenvalue weighted by Crippen LogP contribution is -2.36. The summed E-state index contributed by atoms with van der Waals surface area (Å²) in [6.07, 6.45) is 39.7. The number of nitrogens with zero attached hydrogens (tertiary/aromatic N) is 2. The molecule has 0 bridgehead atoms. The maximum Gasteiger partial charge on any atom is 0.481 e. The van der Waals surface area contributed by atoms with E-state index in [9.17, 15) is 48.6 Å². The van der Waals surface area contributed by atoms with Gasteiger partial charge in [-0.05, 0) is 83.1 Å². The van der Waals surface area contributed by atoms with Gasteiger partial charge in [-0.3, -0.25) is 23.2 Å². The Morgan fingerprint density at radius 2 is 1.34 bits per heavy atom. The normalized spacial score (nSPS) is 20.2. The standard InChI is InChI=1S/C52H81N3O16P2/c1-3-5-7-8-9-10-11-12-13-14-15-16-17-18-19-22-26-29-33-37-48(58)69-44(40-66-47(57)36-32-28-25-23-20-21-24-27-31-35-43(56)34-30-6-4-2)41-67-72(62,63)71-73(64,65)68-42-45-49(59)50(60)51(70-45)55-39-38-46(53)54-52(55)61/h6,9-10,12-13,15-16,18-19,24,26-27,29-31,35,38-39,43-45,49-51,56,59-60H,3-5,7-8,11,14,17,20-23,25,28,32-34,36-37,40-42H2,1-2H3,(H,62,63)(H,64,65)(H2,53,54,61)/b10-9-,13-12-,16-15-,19-18-,27-24+,29-26-,30-6+,35-31+/t43?,44-,45-,49-,50-,51-/m1/s1. The Hall–Kier alpha value is -4.36. The molecule has 0 aromatic carbocycles. The van der Waals surface area contributed by atoms with Crippen molar-refractivity contribution in [2.45, 2.75) is 173 Å². The number of hydrogen-bond acceptors (Lipinski definition) is 16. The van der Waals surface area contributed by atoms with Gasteiger partial charge in [0.05, 0.1) is 19.3 Å². The van der Waals surface area contributed by atoms with Gasteiger partial charge in [-0.15, -0.1) is 0 Å². The molecule has 0 aliphatic carbocycles. The highest BCUT2D eigenvalue weighted by atomic mass is 31.3. The van der Waals surface area contributed by atoms with Crippen molar-refractivity contribution in [3.63, 3.8) is 0 Å². The number of rotatable bonds is 40. The summed E-state index contributed by atoms with van der Waals surface area (Å²) >= 11 is 0. The summed E-state index contributed by atoms with van der Waals surface area (Å²) in [5.74, 6) is -1.47. The topological polar surface area (TPSA) is 286 Å². The summed E-state index contributed by atoms with van der Waals surface area (Å²) in [4.78, 5) is 61.9. The van der Waals surface area contributed by atoms with E-state index in [0.717, 1.165) is 75.0 Å². The second-order valence-corrected chi connectivity index (χ2v) is 20.2. The number of phosphoric ester groups is 2. The number of aliphatic hydroxyl groups excluding tert-OH is 3. The van der Waals surface area contributed by atoms with Crippen molar-refractivity contribution < 1.29 is 71.4 Å². The van der Waals surface area contributed by atoms with Crippen LogP contribution in [-0.2, 0) is 46.3 Å². The summed E-state index contributed by atoms with van der Waals surface area (Å²) in [7, 11) is -10.9. The number of carbonyl (C=O) groups excluding carboxylic acids is 2. The van der Waals surface area contributed by atoms with Crippen LogP contribution in [-0.4, -0.2) is 96.9 Å². The van der Waals surface area contributed by atoms with Gasteiger partial charge in [0, 0.05) is 19.0 Å². The molecule has 0 amide bonds. The fourth-order valence-corrected chi connectivity index (χ4v) is 8.91. The summed E-state index contributed by atoms with van der Waals surface area (Å²) in [6, 6.07) is 1.24. The number of allylic oxidation sites excluding steroid dienone is 14. The van der Waals surface area contributed by atoms with Gasteiger partial charge in [0.15, 0.2) is 12.3 Å². The molecule has 19 nitrogen and oxygen atoms in total. The van der Waals surface area contributed by atoms with E-state index in [2.05, 4.69) is 52.7 Å². The van der Waals surface area contributed by atoms with Crippen molar-refractivity contribution >= 4 is 33.4 Å². The molecule has 1 saturated heterocycles. The number of anilines is 1. The van der Waals surface area contributed by atoms with Crippen LogP contribution in [0.5, 0.6) is 0 Å². The summed E-state index contributed by atoms with van der Waals surface area (Å²) < 4.78 is 56.6. The monoisotopic (exact) mass is 1070 g/mol. The number of ether oxygens (including phenoxy) is 3. The second-order valence-electron chi connectivity index (χ2n) is 17.1. The first-order chi connectivity index (χ1) is 35.1. The van der Waals surface area contributed by atoms with Crippen LogP contribution < -0.4 is 11.4 Å². The molecule has 3 unspecified atom stereocenters. The summed E-state index contributed by atoms with van der Waals surface area (Å²) in [6.45, 7) is 1.80. The molecule has 2 rings (SSSR count).